The van der Waals surface area contributed by atoms with Crippen LogP contribution in [0.1, 0.15) is 27.4 Å². The van der Waals surface area contributed by atoms with Crippen molar-refractivity contribution in [3.63, 3.8) is 0 Å². The molecule has 0 atom stereocenters. The van der Waals surface area contributed by atoms with Crippen LogP contribution in [0, 0.1) is 9.39 Å². The Kier molecular flexibility index (Phi) is 6.44. The molecule has 0 aliphatic carbocycles. The monoisotopic (exact) mass is 540 g/mol. The van der Waals surface area contributed by atoms with Crippen LogP contribution in [0.3, 0.4) is 0 Å². The minimum Gasteiger partial charge on any atom is -0.465 e. The molecule has 9 heteroatoms. The summed E-state index contributed by atoms with van der Waals surface area (Å²) in [4.78, 5) is 27.9. The van der Waals surface area contributed by atoms with Crippen LogP contribution in [0.2, 0.25) is 0 Å². The van der Waals surface area contributed by atoms with Gasteiger partial charge in [-0.15, -0.1) is 0 Å². The second-order valence-corrected chi connectivity index (χ2v) is 8.68. The molecule has 4 rings (SSSR count). The van der Waals surface area contributed by atoms with Crippen molar-refractivity contribution in [2.45, 2.75) is 13.0 Å². The Hall–Kier alpha value is -2.24. The normalized spacial score (nSPS) is 14.8. The highest BCUT2D eigenvalue weighted by Crippen LogP contribution is 2.27. The molecule has 0 spiro atoms. The van der Waals surface area contributed by atoms with Gasteiger partial charge in [0.2, 0.25) is 0 Å². The van der Waals surface area contributed by atoms with Crippen LogP contribution < -0.4 is 5.56 Å². The maximum absolute atomic E-state index is 14.5. The number of fused-ring (bicyclic) bond motifs is 1. The first kappa shape index (κ1) is 22.0. The van der Waals surface area contributed by atoms with Gasteiger partial charge in [0.25, 0.3) is 5.56 Å². The molecule has 164 valence electrons. The van der Waals surface area contributed by atoms with Crippen molar-refractivity contribution in [2.24, 2.45) is 7.05 Å². The number of benzene rings is 1. The van der Waals surface area contributed by atoms with Gasteiger partial charge < -0.3 is 18.5 Å². The van der Waals surface area contributed by atoms with E-state index in [1.807, 2.05) is 22.6 Å². The molecule has 1 aliphatic rings. The Balaban J connectivity index is 1.83. The van der Waals surface area contributed by atoms with E-state index in [0.717, 1.165) is 16.7 Å². The first-order valence-electron chi connectivity index (χ1n) is 9.85. The summed E-state index contributed by atoms with van der Waals surface area (Å²) in [5, 5.41) is 0.304. The van der Waals surface area contributed by atoms with E-state index in [-0.39, 0.29) is 23.1 Å². The van der Waals surface area contributed by atoms with Crippen LogP contribution in [0.4, 0.5) is 4.39 Å². The van der Waals surface area contributed by atoms with Crippen LogP contribution in [-0.4, -0.2) is 48.8 Å². The molecule has 0 amide bonds. The largest absolute Gasteiger partial charge is 0.465 e. The second kappa shape index (κ2) is 9.09. The standard InChI is InChI=1S/C22H22FIN2O5/c1-25-18(9-13-3-4-14(24)10-17(13)23)19(22(28)29-2)20-16(21(25)27)11-15(31-20)12-26-5-7-30-8-6-26/h3-4,10-11H,5-9,12H2,1-2H3. The van der Waals surface area contributed by atoms with Gasteiger partial charge in [-0.25, -0.2) is 9.18 Å². The summed E-state index contributed by atoms with van der Waals surface area (Å²) < 4.78 is 33.0. The third-order valence-corrected chi connectivity index (χ3v) is 6.16. The second-order valence-electron chi connectivity index (χ2n) is 7.43. The maximum Gasteiger partial charge on any atom is 0.343 e. The highest BCUT2D eigenvalue weighted by atomic mass is 127. The van der Waals surface area contributed by atoms with Crippen LogP contribution in [0.15, 0.2) is 33.5 Å². The number of hydrogen-bond donors (Lipinski definition) is 0. The van der Waals surface area contributed by atoms with Crippen LogP contribution in [-0.2, 0) is 29.5 Å². The zero-order valence-electron chi connectivity index (χ0n) is 17.2. The summed E-state index contributed by atoms with van der Waals surface area (Å²) in [6.45, 7) is 3.30. The Morgan fingerprint density at radius 2 is 2.00 bits per heavy atom. The highest BCUT2D eigenvalue weighted by molar-refractivity contribution is 14.1. The molecule has 0 N–H and O–H groups in total. The SMILES string of the molecule is COC(=O)c1c(Cc2ccc(I)cc2F)n(C)c(=O)c2cc(CN3CCOCC3)oc12. The lowest BCUT2D eigenvalue weighted by molar-refractivity contribution is 0.0315. The first-order chi connectivity index (χ1) is 14.9. The van der Waals surface area contributed by atoms with Crippen molar-refractivity contribution in [1.82, 2.24) is 9.47 Å². The van der Waals surface area contributed by atoms with Crippen LogP contribution >= 0.6 is 22.6 Å². The summed E-state index contributed by atoms with van der Waals surface area (Å²) in [6, 6.07) is 6.52. The molecule has 0 unspecified atom stereocenters. The molecule has 3 aromatic rings. The molecule has 1 fully saturated rings. The molecule has 1 saturated heterocycles. The molecule has 1 aliphatic heterocycles. The summed E-state index contributed by atoms with van der Waals surface area (Å²) in [6.07, 6.45) is 0.0500. The van der Waals surface area contributed by atoms with E-state index >= 15 is 0 Å². The molecule has 0 saturated carbocycles. The first-order valence-corrected chi connectivity index (χ1v) is 10.9. The smallest absolute Gasteiger partial charge is 0.343 e. The quantitative estimate of drug-likeness (QED) is 0.366. The molecule has 1 aromatic carbocycles. The number of pyridine rings is 1. The minimum atomic E-state index is -0.631. The van der Waals surface area contributed by atoms with Gasteiger partial charge in [0.1, 0.15) is 17.1 Å². The van der Waals surface area contributed by atoms with Gasteiger partial charge in [0.15, 0.2) is 5.58 Å². The zero-order chi connectivity index (χ0) is 22.1. The highest BCUT2D eigenvalue weighted by Gasteiger charge is 2.26. The van der Waals surface area contributed by atoms with E-state index < -0.39 is 11.8 Å². The van der Waals surface area contributed by atoms with Crippen molar-refractivity contribution in [1.29, 1.82) is 0 Å². The predicted octanol–water partition coefficient (Wildman–Crippen LogP) is 3.08. The zero-order valence-corrected chi connectivity index (χ0v) is 19.4. The maximum atomic E-state index is 14.5. The molecule has 0 bridgehead atoms. The summed E-state index contributed by atoms with van der Waals surface area (Å²) in [7, 11) is 2.84. The molecule has 2 aromatic heterocycles. The van der Waals surface area contributed by atoms with Gasteiger partial charge in [0.05, 0.1) is 32.3 Å². The lowest BCUT2D eigenvalue weighted by Gasteiger charge is -2.25. The van der Waals surface area contributed by atoms with Gasteiger partial charge in [-0.1, -0.05) is 6.07 Å². The van der Waals surface area contributed by atoms with E-state index in [0.29, 0.717) is 42.2 Å². The number of halogens is 2. The molecule has 31 heavy (non-hydrogen) atoms. The third kappa shape index (κ3) is 4.39. The van der Waals surface area contributed by atoms with E-state index in [4.69, 9.17) is 13.9 Å². The van der Waals surface area contributed by atoms with E-state index in [1.165, 1.54) is 17.7 Å². The van der Waals surface area contributed by atoms with Crippen molar-refractivity contribution in [2.75, 3.05) is 33.4 Å². The van der Waals surface area contributed by atoms with Crippen LogP contribution in [0.5, 0.6) is 0 Å². The molecule has 7 nitrogen and oxygen atoms in total. The fourth-order valence-corrected chi connectivity index (χ4v) is 4.26. The summed E-state index contributed by atoms with van der Waals surface area (Å²) >= 11 is 2.03. The van der Waals surface area contributed by atoms with Gasteiger partial charge >= 0.3 is 5.97 Å². The van der Waals surface area contributed by atoms with Crippen molar-refractivity contribution in [3.05, 3.63) is 66.6 Å². The summed E-state index contributed by atoms with van der Waals surface area (Å²) in [5.41, 5.74) is 0.738. The van der Waals surface area contributed by atoms with Gasteiger partial charge in [-0.2, -0.15) is 0 Å². The topological polar surface area (TPSA) is 73.9 Å². The molecular formula is C22H22FIN2O5. The molecule has 0 radical (unpaired) electrons. The summed E-state index contributed by atoms with van der Waals surface area (Å²) in [5.74, 6) is -0.451. The Morgan fingerprint density at radius 3 is 2.68 bits per heavy atom. The number of nitrogens with zero attached hydrogens (tertiary/aromatic N) is 2. The number of esters is 1. The van der Waals surface area contributed by atoms with E-state index in [1.54, 1.807) is 25.2 Å². The number of aromatic nitrogens is 1. The number of rotatable bonds is 5. The number of ether oxygens (including phenoxy) is 2. The number of methoxy groups -OCH3 is 1. The molecular weight excluding hydrogens is 518 g/mol. The van der Waals surface area contributed by atoms with E-state index in [2.05, 4.69) is 4.90 Å². The average Bonchev–Trinajstić information content (AvgIpc) is 3.17. The number of furan rings is 1. The lowest BCUT2D eigenvalue weighted by atomic mass is 10.0. The predicted molar refractivity (Wildman–Crippen MR) is 121 cm³/mol. The van der Waals surface area contributed by atoms with Crippen LogP contribution in [0.25, 0.3) is 11.0 Å². The Labute approximate surface area is 191 Å². The number of carbonyl (C=O) groups is 1. The fraction of sp³-hybridized carbons (Fsp3) is 0.364. The van der Waals surface area contributed by atoms with Gasteiger partial charge in [-0.3, -0.25) is 9.69 Å². The lowest BCUT2D eigenvalue weighted by Crippen LogP contribution is -2.35. The van der Waals surface area contributed by atoms with Crippen molar-refractivity contribution >= 4 is 39.5 Å². The number of carbonyl (C=O) groups excluding carboxylic acids is 1. The average molecular weight is 540 g/mol. The third-order valence-electron chi connectivity index (χ3n) is 5.48. The van der Waals surface area contributed by atoms with Gasteiger partial charge in [-0.05, 0) is 46.4 Å². The van der Waals surface area contributed by atoms with Crippen molar-refractivity contribution in [3.8, 4) is 0 Å². The Morgan fingerprint density at radius 1 is 1.26 bits per heavy atom. The Bertz CT molecular complexity index is 1200. The molecule has 3 heterocycles. The van der Waals surface area contributed by atoms with Crippen molar-refractivity contribution < 1.29 is 23.1 Å². The van der Waals surface area contributed by atoms with Gasteiger partial charge in [0, 0.05) is 35.8 Å². The number of hydrogen-bond acceptors (Lipinski definition) is 6. The number of morpholine rings is 1. The van der Waals surface area contributed by atoms with E-state index in [9.17, 15) is 14.0 Å². The fourth-order valence-electron chi connectivity index (χ4n) is 3.81. The minimum absolute atomic E-state index is 0.0500.